The second kappa shape index (κ2) is 1.96. The molecule has 1 aliphatic rings. The molecule has 36 valence electrons. The van der Waals surface area contributed by atoms with E-state index in [4.69, 9.17) is 0 Å². The van der Waals surface area contributed by atoms with E-state index in [0.29, 0.717) is 5.92 Å². The maximum Gasteiger partial charge on any atom is 0.123 e. The number of aldehydes is 1. The van der Waals surface area contributed by atoms with E-state index in [1.165, 1.54) is 0 Å². The molecule has 0 aromatic carbocycles. The van der Waals surface area contributed by atoms with E-state index < -0.39 is 0 Å². The Morgan fingerprint density at radius 2 is 2.00 bits per heavy atom. The van der Waals surface area contributed by atoms with Gasteiger partial charge < -0.3 is 4.79 Å². The number of rotatable bonds is 1. The van der Waals surface area contributed by atoms with Gasteiger partial charge in [0.25, 0.3) is 0 Å². The SMILES string of the molecule is C.O=CC1CC1. The second-order valence-corrected chi connectivity index (χ2v) is 1.47. The van der Waals surface area contributed by atoms with Gasteiger partial charge in [-0.2, -0.15) is 0 Å². The van der Waals surface area contributed by atoms with Crippen molar-refractivity contribution in [2.75, 3.05) is 0 Å². The first kappa shape index (κ1) is 5.67. The van der Waals surface area contributed by atoms with Crippen molar-refractivity contribution in [2.45, 2.75) is 20.3 Å². The minimum absolute atomic E-state index is 0. The molecule has 0 bridgehead atoms. The van der Waals surface area contributed by atoms with Crippen molar-refractivity contribution >= 4 is 6.29 Å². The fourth-order valence-corrected chi connectivity index (χ4v) is 0.232. The summed E-state index contributed by atoms with van der Waals surface area (Å²) in [5, 5.41) is 0. The molecule has 1 heteroatoms. The number of hydrogen-bond donors (Lipinski definition) is 0. The number of hydrogen-bond acceptors (Lipinski definition) is 1. The molecule has 0 saturated heterocycles. The van der Waals surface area contributed by atoms with Crippen LogP contribution in [0.3, 0.4) is 0 Å². The van der Waals surface area contributed by atoms with Gasteiger partial charge in [-0.3, -0.25) is 0 Å². The van der Waals surface area contributed by atoms with Crippen molar-refractivity contribution in [3.63, 3.8) is 0 Å². The molecule has 1 saturated carbocycles. The monoisotopic (exact) mass is 86.1 g/mol. The van der Waals surface area contributed by atoms with Crippen molar-refractivity contribution in [3.05, 3.63) is 0 Å². The van der Waals surface area contributed by atoms with Gasteiger partial charge in [-0.15, -0.1) is 0 Å². The molecular formula is C5H10O. The number of carbonyl (C=O) groups excluding carboxylic acids is 1. The van der Waals surface area contributed by atoms with Crippen LogP contribution in [0.15, 0.2) is 0 Å². The van der Waals surface area contributed by atoms with E-state index in [1.54, 1.807) is 0 Å². The minimum atomic E-state index is 0. The van der Waals surface area contributed by atoms with Gasteiger partial charge in [0.15, 0.2) is 0 Å². The van der Waals surface area contributed by atoms with Gasteiger partial charge in [0.05, 0.1) is 0 Å². The van der Waals surface area contributed by atoms with E-state index in [9.17, 15) is 4.79 Å². The lowest BCUT2D eigenvalue weighted by atomic mass is 10.5. The van der Waals surface area contributed by atoms with Crippen LogP contribution in [0.2, 0.25) is 0 Å². The summed E-state index contributed by atoms with van der Waals surface area (Å²) in [5.74, 6) is 0.454. The smallest absolute Gasteiger partial charge is 0.123 e. The molecule has 0 unspecified atom stereocenters. The molecule has 6 heavy (non-hydrogen) atoms. The third kappa shape index (κ3) is 1.20. The molecule has 1 aliphatic carbocycles. The Morgan fingerprint density at radius 3 is 2.00 bits per heavy atom. The van der Waals surface area contributed by atoms with Crippen molar-refractivity contribution in [2.24, 2.45) is 5.92 Å². The van der Waals surface area contributed by atoms with E-state index in [2.05, 4.69) is 0 Å². The van der Waals surface area contributed by atoms with Crippen molar-refractivity contribution in [1.82, 2.24) is 0 Å². The first-order chi connectivity index (χ1) is 2.43. The quantitative estimate of drug-likeness (QED) is 0.439. The molecule has 0 spiro atoms. The van der Waals surface area contributed by atoms with Gasteiger partial charge in [0, 0.05) is 5.92 Å². The Labute approximate surface area is 38.4 Å². The summed E-state index contributed by atoms with van der Waals surface area (Å²) in [5.41, 5.74) is 0. The molecule has 0 aromatic heterocycles. The van der Waals surface area contributed by atoms with Crippen LogP contribution in [0, 0.1) is 5.92 Å². The first-order valence-electron chi connectivity index (χ1n) is 1.89. The van der Waals surface area contributed by atoms with Crippen molar-refractivity contribution < 1.29 is 4.79 Å². The molecule has 1 rings (SSSR count). The largest absolute Gasteiger partial charge is 0.303 e. The lowest BCUT2D eigenvalue weighted by molar-refractivity contribution is -0.108. The van der Waals surface area contributed by atoms with Crippen molar-refractivity contribution in [3.8, 4) is 0 Å². The van der Waals surface area contributed by atoms with Gasteiger partial charge in [-0.05, 0) is 12.8 Å². The van der Waals surface area contributed by atoms with Crippen molar-refractivity contribution in [1.29, 1.82) is 0 Å². The third-order valence-electron chi connectivity index (χ3n) is 0.814. The molecular weight excluding hydrogens is 76.1 g/mol. The van der Waals surface area contributed by atoms with E-state index >= 15 is 0 Å². The predicted molar refractivity (Wildman–Crippen MR) is 25.5 cm³/mol. The number of carbonyl (C=O) groups is 1. The highest BCUT2D eigenvalue weighted by Crippen LogP contribution is 2.25. The lowest BCUT2D eigenvalue weighted by Crippen LogP contribution is -1.66. The Hall–Kier alpha value is -0.330. The molecule has 0 atom stereocenters. The third-order valence-corrected chi connectivity index (χ3v) is 0.814. The maximum atomic E-state index is 9.57. The van der Waals surface area contributed by atoms with Crippen LogP contribution in [-0.4, -0.2) is 6.29 Å². The minimum Gasteiger partial charge on any atom is -0.303 e. The van der Waals surface area contributed by atoms with Gasteiger partial charge in [-0.1, -0.05) is 7.43 Å². The summed E-state index contributed by atoms with van der Waals surface area (Å²) in [6.07, 6.45) is 3.31. The predicted octanol–water partition coefficient (Wildman–Crippen LogP) is 1.23. The molecule has 0 N–H and O–H groups in total. The zero-order chi connectivity index (χ0) is 3.70. The summed E-state index contributed by atoms with van der Waals surface area (Å²) < 4.78 is 0. The Bertz CT molecular complexity index is 45.9. The molecule has 0 heterocycles. The fraction of sp³-hybridized carbons (Fsp3) is 0.800. The highest BCUT2D eigenvalue weighted by atomic mass is 16.1. The maximum absolute atomic E-state index is 9.57. The fourth-order valence-electron chi connectivity index (χ4n) is 0.232. The average molecular weight is 86.1 g/mol. The van der Waals surface area contributed by atoms with Gasteiger partial charge in [0.1, 0.15) is 6.29 Å². The Kier molecular flexibility index (Phi) is 1.85. The summed E-state index contributed by atoms with van der Waals surface area (Å²) >= 11 is 0. The standard InChI is InChI=1S/C4H6O.CH4/c5-3-4-1-2-4;/h3-4H,1-2H2;1H4. The molecule has 0 aliphatic heterocycles. The van der Waals surface area contributed by atoms with E-state index in [1.807, 2.05) is 0 Å². The van der Waals surface area contributed by atoms with E-state index in [-0.39, 0.29) is 7.43 Å². The molecule has 1 fully saturated rings. The average Bonchev–Trinajstić information content (AvgIpc) is 2.12. The van der Waals surface area contributed by atoms with Crippen LogP contribution in [0.4, 0.5) is 0 Å². The summed E-state index contributed by atoms with van der Waals surface area (Å²) in [7, 11) is 0. The van der Waals surface area contributed by atoms with Gasteiger partial charge in [-0.25, -0.2) is 0 Å². The van der Waals surface area contributed by atoms with Crippen LogP contribution >= 0.6 is 0 Å². The van der Waals surface area contributed by atoms with Crippen LogP contribution in [0.1, 0.15) is 20.3 Å². The summed E-state index contributed by atoms with van der Waals surface area (Å²) in [4.78, 5) is 9.57. The zero-order valence-electron chi connectivity index (χ0n) is 2.98. The van der Waals surface area contributed by atoms with Crippen LogP contribution in [0.25, 0.3) is 0 Å². The molecule has 0 aromatic rings. The van der Waals surface area contributed by atoms with Gasteiger partial charge >= 0.3 is 0 Å². The topological polar surface area (TPSA) is 17.1 Å². The highest BCUT2D eigenvalue weighted by molar-refractivity contribution is 5.56. The zero-order valence-corrected chi connectivity index (χ0v) is 2.98. The van der Waals surface area contributed by atoms with E-state index in [0.717, 1.165) is 19.1 Å². The van der Waals surface area contributed by atoms with Gasteiger partial charge in [0.2, 0.25) is 0 Å². The molecule has 1 nitrogen and oxygen atoms in total. The van der Waals surface area contributed by atoms with Crippen LogP contribution < -0.4 is 0 Å². The Balaban J connectivity index is 0.000000250. The first-order valence-corrected chi connectivity index (χ1v) is 1.89. The normalized spacial score (nSPS) is 18.7. The lowest BCUT2D eigenvalue weighted by Gasteiger charge is -1.56. The summed E-state index contributed by atoms with van der Waals surface area (Å²) in [6, 6.07) is 0. The second-order valence-electron chi connectivity index (χ2n) is 1.47. The van der Waals surface area contributed by atoms with Crippen LogP contribution in [0.5, 0.6) is 0 Å². The van der Waals surface area contributed by atoms with Crippen LogP contribution in [-0.2, 0) is 4.79 Å². The molecule has 0 radical (unpaired) electrons. The highest BCUT2D eigenvalue weighted by Gasteiger charge is 2.18. The summed E-state index contributed by atoms with van der Waals surface area (Å²) in [6.45, 7) is 0. The molecule has 0 amide bonds. The Morgan fingerprint density at radius 1 is 1.50 bits per heavy atom.